The average Bonchev–Trinajstić information content (AvgIpc) is 2.49. The Bertz CT molecular complexity index is 492. The summed E-state index contributed by atoms with van der Waals surface area (Å²) < 4.78 is 39.2. The minimum Gasteiger partial charge on any atom is -0.314 e. The number of rotatable bonds is 5. The maximum absolute atomic E-state index is 13.1. The average molecular weight is 408 g/mol. The van der Waals surface area contributed by atoms with Gasteiger partial charge in [0.2, 0.25) is 0 Å². The Balaban J connectivity index is 0.00000264. The summed E-state index contributed by atoms with van der Waals surface area (Å²) in [6.45, 7) is 5.48. The third kappa shape index (κ3) is 5.95. The summed E-state index contributed by atoms with van der Waals surface area (Å²) in [4.78, 5) is 2.24. The molecule has 140 valence electrons. The van der Waals surface area contributed by atoms with Gasteiger partial charge in [-0.3, -0.25) is 4.90 Å². The van der Waals surface area contributed by atoms with E-state index < -0.39 is 11.7 Å². The molecule has 1 atom stereocenters. The highest BCUT2D eigenvalue weighted by atomic mass is 35.5. The van der Waals surface area contributed by atoms with Crippen molar-refractivity contribution in [3.05, 3.63) is 34.3 Å². The van der Waals surface area contributed by atoms with Gasteiger partial charge in [-0.2, -0.15) is 13.2 Å². The van der Waals surface area contributed by atoms with Crippen LogP contribution in [0, 0.1) is 0 Å². The fraction of sp³-hybridized carbons (Fsp3) is 0.625. The van der Waals surface area contributed by atoms with E-state index in [0.29, 0.717) is 5.56 Å². The molecule has 2 rings (SSSR count). The van der Waals surface area contributed by atoms with Gasteiger partial charge in [-0.25, -0.2) is 0 Å². The number of alkyl halides is 3. The molecule has 1 aromatic carbocycles. The molecular weight excluding hydrogens is 384 g/mol. The quantitative estimate of drug-likeness (QED) is 0.709. The van der Waals surface area contributed by atoms with Crippen molar-refractivity contribution in [1.82, 2.24) is 10.2 Å². The molecular formula is C16H24Cl3F3N2. The van der Waals surface area contributed by atoms with Gasteiger partial charge < -0.3 is 5.32 Å². The predicted octanol–water partition coefficient (Wildman–Crippen LogP) is 5.34. The van der Waals surface area contributed by atoms with E-state index in [-0.39, 0.29) is 35.9 Å². The molecule has 1 N–H and O–H groups in total. The molecule has 0 saturated carbocycles. The molecule has 1 fully saturated rings. The number of piperazine rings is 1. The van der Waals surface area contributed by atoms with Gasteiger partial charge >= 0.3 is 6.18 Å². The molecule has 1 heterocycles. The monoisotopic (exact) mass is 406 g/mol. The van der Waals surface area contributed by atoms with Crippen LogP contribution in [-0.2, 0) is 6.18 Å². The van der Waals surface area contributed by atoms with E-state index in [4.69, 9.17) is 11.6 Å². The zero-order valence-corrected chi connectivity index (χ0v) is 15.9. The number of hydrogen-bond donors (Lipinski definition) is 1. The number of nitrogens with one attached hydrogen (secondary N) is 1. The zero-order valence-electron chi connectivity index (χ0n) is 13.5. The number of benzene rings is 1. The fourth-order valence-electron chi connectivity index (χ4n) is 2.95. The van der Waals surface area contributed by atoms with Gasteiger partial charge in [0.15, 0.2) is 0 Å². The van der Waals surface area contributed by atoms with Crippen molar-refractivity contribution in [2.45, 2.75) is 38.4 Å². The lowest BCUT2D eigenvalue weighted by Gasteiger charge is -2.36. The first-order valence-electron chi connectivity index (χ1n) is 7.75. The Morgan fingerprint density at radius 2 is 1.83 bits per heavy atom. The molecule has 0 unspecified atom stereocenters. The summed E-state index contributed by atoms with van der Waals surface area (Å²) in [7, 11) is 0. The van der Waals surface area contributed by atoms with Gasteiger partial charge in [-0.1, -0.05) is 43.5 Å². The fourth-order valence-corrected chi connectivity index (χ4v) is 3.31. The standard InChI is InChI=1S/C16H22ClF3N2.2ClH/c1-2-3-7-14(22-10-8-21-9-11-22)12-5-4-6-13(15(12)17)16(18,19)20;;/h4-6,14,21H,2-3,7-11H2,1H3;2*1H/t14-;;/m1../s1. The van der Waals surface area contributed by atoms with Crippen molar-refractivity contribution >= 4 is 36.4 Å². The number of halogens is 6. The molecule has 0 aliphatic carbocycles. The first kappa shape index (κ1) is 23.8. The second kappa shape index (κ2) is 10.7. The molecule has 0 aromatic heterocycles. The molecule has 0 bridgehead atoms. The van der Waals surface area contributed by atoms with Crippen molar-refractivity contribution in [3.8, 4) is 0 Å². The number of hydrogen-bond acceptors (Lipinski definition) is 2. The Morgan fingerprint density at radius 1 is 1.21 bits per heavy atom. The van der Waals surface area contributed by atoms with Gasteiger partial charge in [0.25, 0.3) is 0 Å². The van der Waals surface area contributed by atoms with Crippen LogP contribution >= 0.6 is 36.4 Å². The lowest BCUT2D eigenvalue weighted by atomic mass is 9.96. The molecule has 1 saturated heterocycles. The Hall–Kier alpha value is -0.200. The van der Waals surface area contributed by atoms with Crippen LogP contribution < -0.4 is 5.32 Å². The molecule has 24 heavy (non-hydrogen) atoms. The first-order chi connectivity index (χ1) is 10.4. The van der Waals surface area contributed by atoms with Crippen LogP contribution in [0.4, 0.5) is 13.2 Å². The summed E-state index contributed by atoms with van der Waals surface area (Å²) in [6, 6.07) is 4.21. The van der Waals surface area contributed by atoms with Crippen molar-refractivity contribution in [2.24, 2.45) is 0 Å². The van der Waals surface area contributed by atoms with Crippen LogP contribution in [0.2, 0.25) is 5.02 Å². The SMILES string of the molecule is CCCC[C@H](c1cccc(C(F)(F)F)c1Cl)N1CCNCC1.Cl.Cl. The second-order valence-corrected chi connectivity index (χ2v) is 6.03. The lowest BCUT2D eigenvalue weighted by molar-refractivity contribution is -0.137. The van der Waals surface area contributed by atoms with Gasteiger partial charge in [0.05, 0.1) is 10.6 Å². The maximum atomic E-state index is 13.1. The van der Waals surface area contributed by atoms with Crippen molar-refractivity contribution in [1.29, 1.82) is 0 Å². The van der Waals surface area contributed by atoms with Crippen LogP contribution in [-0.4, -0.2) is 31.1 Å². The molecule has 1 aromatic rings. The van der Waals surface area contributed by atoms with Gasteiger partial charge in [0, 0.05) is 32.2 Å². The number of nitrogens with zero attached hydrogens (tertiary/aromatic N) is 1. The Labute approximate surface area is 158 Å². The highest BCUT2D eigenvalue weighted by Gasteiger charge is 2.35. The van der Waals surface area contributed by atoms with Crippen LogP contribution in [0.15, 0.2) is 18.2 Å². The maximum Gasteiger partial charge on any atom is 0.417 e. The third-order valence-corrected chi connectivity index (χ3v) is 4.54. The molecule has 8 heteroatoms. The van der Waals surface area contributed by atoms with E-state index in [1.54, 1.807) is 6.07 Å². The smallest absolute Gasteiger partial charge is 0.314 e. The van der Waals surface area contributed by atoms with E-state index in [1.165, 1.54) is 6.07 Å². The van der Waals surface area contributed by atoms with Crippen molar-refractivity contribution in [3.63, 3.8) is 0 Å². The summed E-state index contributed by atoms with van der Waals surface area (Å²) in [5.41, 5.74) is -0.129. The van der Waals surface area contributed by atoms with Gasteiger partial charge in [-0.05, 0) is 18.1 Å². The van der Waals surface area contributed by atoms with Crippen LogP contribution in [0.3, 0.4) is 0 Å². The van der Waals surface area contributed by atoms with E-state index in [0.717, 1.165) is 51.5 Å². The largest absolute Gasteiger partial charge is 0.417 e. The van der Waals surface area contributed by atoms with Gasteiger partial charge in [0.1, 0.15) is 0 Å². The van der Waals surface area contributed by atoms with E-state index in [9.17, 15) is 13.2 Å². The third-order valence-electron chi connectivity index (χ3n) is 4.12. The van der Waals surface area contributed by atoms with Crippen LogP contribution in [0.1, 0.15) is 43.4 Å². The van der Waals surface area contributed by atoms with Crippen LogP contribution in [0.5, 0.6) is 0 Å². The minimum atomic E-state index is -4.41. The van der Waals surface area contributed by atoms with E-state index >= 15 is 0 Å². The molecule has 1 aliphatic heterocycles. The van der Waals surface area contributed by atoms with Crippen molar-refractivity contribution in [2.75, 3.05) is 26.2 Å². The molecule has 0 spiro atoms. The lowest BCUT2D eigenvalue weighted by Crippen LogP contribution is -2.45. The van der Waals surface area contributed by atoms with Crippen LogP contribution in [0.25, 0.3) is 0 Å². The molecule has 0 radical (unpaired) electrons. The molecule has 1 aliphatic rings. The molecule has 0 amide bonds. The summed E-state index contributed by atoms with van der Waals surface area (Å²) in [5.74, 6) is 0. The van der Waals surface area contributed by atoms with E-state index in [1.807, 2.05) is 0 Å². The van der Waals surface area contributed by atoms with E-state index in [2.05, 4.69) is 17.1 Å². The summed E-state index contributed by atoms with van der Waals surface area (Å²) in [5, 5.41) is 3.13. The second-order valence-electron chi connectivity index (χ2n) is 5.65. The topological polar surface area (TPSA) is 15.3 Å². The first-order valence-corrected chi connectivity index (χ1v) is 8.13. The Kier molecular flexibility index (Phi) is 10.6. The summed E-state index contributed by atoms with van der Waals surface area (Å²) in [6.07, 6.45) is -1.59. The number of unbranched alkanes of at least 4 members (excludes halogenated alkanes) is 1. The highest BCUT2D eigenvalue weighted by Crippen LogP contribution is 2.40. The van der Waals surface area contributed by atoms with Gasteiger partial charge in [-0.15, -0.1) is 24.8 Å². The predicted molar refractivity (Wildman–Crippen MR) is 97.7 cm³/mol. The highest BCUT2D eigenvalue weighted by molar-refractivity contribution is 6.32. The Morgan fingerprint density at radius 3 is 2.38 bits per heavy atom. The van der Waals surface area contributed by atoms with Crippen molar-refractivity contribution < 1.29 is 13.2 Å². The normalized spacial score (nSPS) is 16.9. The molecule has 2 nitrogen and oxygen atoms in total. The summed E-state index contributed by atoms with van der Waals surface area (Å²) >= 11 is 6.12. The zero-order chi connectivity index (χ0) is 16.2. The minimum absolute atomic E-state index is 0.